The van der Waals surface area contributed by atoms with Gasteiger partial charge < -0.3 is 0 Å². The average molecular weight is 362 g/mol. The van der Waals surface area contributed by atoms with Gasteiger partial charge in [0.05, 0.1) is 0 Å². The Morgan fingerprint density at radius 2 is 1.48 bits per heavy atom. The fraction of sp³-hybridized carbons (Fsp3) is 0.0476. The summed E-state index contributed by atoms with van der Waals surface area (Å²) < 4.78 is 2.84. The minimum atomic E-state index is 0.278. The number of H-pyrrole nitrogens is 1. The van der Waals surface area contributed by atoms with Crippen LogP contribution in [0.2, 0.25) is 0 Å². The summed E-state index contributed by atoms with van der Waals surface area (Å²) in [6.07, 6.45) is 0. The van der Waals surface area contributed by atoms with Crippen LogP contribution >= 0.6 is 0 Å². The molecule has 1 aromatic heterocycles. The Kier molecular flexibility index (Phi) is 3.78. The molecule has 0 amide bonds. The van der Waals surface area contributed by atoms with Crippen molar-refractivity contribution in [2.75, 3.05) is 0 Å². The van der Waals surface area contributed by atoms with E-state index in [0.29, 0.717) is 0 Å². The SMILES string of the molecule is Cc1ccc2c([Se]c3ccccc3)c(-c3ccccc3)[nH]c2c1. The van der Waals surface area contributed by atoms with Gasteiger partial charge >= 0.3 is 142 Å². The van der Waals surface area contributed by atoms with Crippen molar-refractivity contribution in [2.45, 2.75) is 6.92 Å². The Labute approximate surface area is 142 Å². The van der Waals surface area contributed by atoms with Crippen LogP contribution < -0.4 is 8.92 Å². The van der Waals surface area contributed by atoms with Gasteiger partial charge in [-0.25, -0.2) is 0 Å². The third-order valence-corrected chi connectivity index (χ3v) is 6.32. The van der Waals surface area contributed by atoms with E-state index in [4.69, 9.17) is 0 Å². The number of hydrogen-bond acceptors (Lipinski definition) is 0. The molecule has 0 bridgehead atoms. The number of benzene rings is 3. The molecule has 0 aliphatic rings. The van der Waals surface area contributed by atoms with Gasteiger partial charge in [0, 0.05) is 0 Å². The number of hydrogen-bond donors (Lipinski definition) is 1. The second-order valence-corrected chi connectivity index (χ2v) is 7.93. The number of nitrogens with one attached hydrogen (secondary N) is 1. The molecule has 112 valence electrons. The fourth-order valence-electron chi connectivity index (χ4n) is 2.81. The third kappa shape index (κ3) is 2.84. The number of fused-ring (bicyclic) bond motifs is 1. The molecule has 0 radical (unpaired) electrons. The van der Waals surface area contributed by atoms with Crippen LogP contribution in [0.4, 0.5) is 0 Å². The van der Waals surface area contributed by atoms with Crippen LogP contribution in [0.5, 0.6) is 0 Å². The van der Waals surface area contributed by atoms with E-state index in [1.807, 2.05) is 0 Å². The van der Waals surface area contributed by atoms with Gasteiger partial charge in [0.1, 0.15) is 0 Å². The van der Waals surface area contributed by atoms with Gasteiger partial charge in [0.2, 0.25) is 0 Å². The van der Waals surface area contributed by atoms with Gasteiger partial charge in [-0.05, 0) is 0 Å². The van der Waals surface area contributed by atoms with Gasteiger partial charge in [-0.1, -0.05) is 0 Å². The molecule has 2 heteroatoms. The van der Waals surface area contributed by atoms with E-state index in [1.165, 1.54) is 36.6 Å². The van der Waals surface area contributed by atoms with Crippen LogP contribution in [0.15, 0.2) is 78.9 Å². The summed E-state index contributed by atoms with van der Waals surface area (Å²) in [5, 5.41) is 1.35. The first-order valence-corrected chi connectivity index (χ1v) is 9.43. The quantitative estimate of drug-likeness (QED) is 0.534. The van der Waals surface area contributed by atoms with Crippen molar-refractivity contribution in [3.8, 4) is 11.3 Å². The van der Waals surface area contributed by atoms with Crippen LogP contribution in [0.25, 0.3) is 22.2 Å². The first kappa shape index (κ1) is 14.3. The molecule has 1 heterocycles. The van der Waals surface area contributed by atoms with Crippen molar-refractivity contribution in [3.63, 3.8) is 0 Å². The summed E-state index contributed by atoms with van der Waals surface area (Å²) in [4.78, 5) is 3.66. The number of rotatable bonds is 3. The maximum atomic E-state index is 3.66. The molecular weight excluding hydrogens is 345 g/mol. The standard InChI is InChI=1S/C21H17NSe/c1-15-12-13-18-19(14-15)22-20(16-8-4-2-5-9-16)21(18)23-17-10-6-3-7-11-17/h2-14,22H,1H3. The first-order valence-electron chi connectivity index (χ1n) is 7.72. The van der Waals surface area contributed by atoms with Crippen molar-refractivity contribution in [1.82, 2.24) is 4.98 Å². The molecule has 1 nitrogen and oxygen atoms in total. The van der Waals surface area contributed by atoms with Crippen LogP contribution in [-0.4, -0.2) is 19.9 Å². The molecule has 0 aliphatic carbocycles. The molecular formula is C21H17NSe. The van der Waals surface area contributed by atoms with Gasteiger partial charge in [0.25, 0.3) is 0 Å². The van der Waals surface area contributed by atoms with E-state index in [2.05, 4.69) is 90.8 Å². The normalized spacial score (nSPS) is 11.0. The van der Waals surface area contributed by atoms with Gasteiger partial charge in [-0.2, -0.15) is 0 Å². The van der Waals surface area contributed by atoms with Crippen molar-refractivity contribution in [1.29, 1.82) is 0 Å². The zero-order valence-corrected chi connectivity index (χ0v) is 14.6. The van der Waals surface area contributed by atoms with E-state index in [-0.39, 0.29) is 15.0 Å². The Hall–Kier alpha value is -2.28. The second kappa shape index (κ2) is 6.08. The van der Waals surface area contributed by atoms with Gasteiger partial charge in [-0.15, -0.1) is 0 Å². The Balaban J connectivity index is 1.92. The molecule has 1 N–H and O–H groups in total. The summed E-state index contributed by atoms with van der Waals surface area (Å²) >= 11 is 0.278. The summed E-state index contributed by atoms with van der Waals surface area (Å²) in [6, 6.07) is 28.1. The van der Waals surface area contributed by atoms with Gasteiger partial charge in [0.15, 0.2) is 0 Å². The zero-order valence-electron chi connectivity index (χ0n) is 12.9. The van der Waals surface area contributed by atoms with Gasteiger partial charge in [-0.3, -0.25) is 0 Å². The monoisotopic (exact) mass is 363 g/mol. The second-order valence-electron chi connectivity index (χ2n) is 5.66. The summed E-state index contributed by atoms with van der Waals surface area (Å²) in [6.45, 7) is 2.14. The van der Waals surface area contributed by atoms with Crippen molar-refractivity contribution < 1.29 is 0 Å². The van der Waals surface area contributed by atoms with Crippen molar-refractivity contribution >= 4 is 34.8 Å². The van der Waals surface area contributed by atoms with E-state index in [9.17, 15) is 0 Å². The minimum absolute atomic E-state index is 0.278. The fourth-order valence-corrected chi connectivity index (χ4v) is 5.09. The number of aromatic nitrogens is 1. The van der Waals surface area contributed by atoms with Crippen LogP contribution in [0, 0.1) is 6.92 Å². The van der Waals surface area contributed by atoms with Crippen LogP contribution in [-0.2, 0) is 0 Å². The van der Waals surface area contributed by atoms with E-state index in [0.717, 1.165) is 0 Å². The molecule has 23 heavy (non-hydrogen) atoms. The zero-order chi connectivity index (χ0) is 15.6. The molecule has 4 aromatic rings. The first-order chi connectivity index (χ1) is 11.3. The Bertz CT molecular complexity index is 940. The third-order valence-electron chi connectivity index (χ3n) is 3.93. The molecule has 0 saturated carbocycles. The Morgan fingerprint density at radius 1 is 0.783 bits per heavy atom. The average Bonchev–Trinajstić information content (AvgIpc) is 2.94. The summed E-state index contributed by atoms with van der Waals surface area (Å²) in [7, 11) is 0. The number of aromatic amines is 1. The molecule has 0 aliphatic heterocycles. The molecule has 0 unspecified atom stereocenters. The predicted octanol–water partition coefficient (Wildman–Crippen LogP) is 3.80. The number of aryl methyl sites for hydroxylation is 1. The molecule has 0 fully saturated rings. The van der Waals surface area contributed by atoms with Crippen molar-refractivity contribution in [2.24, 2.45) is 0 Å². The molecule has 0 saturated heterocycles. The molecule has 4 rings (SSSR count). The molecule has 0 spiro atoms. The summed E-state index contributed by atoms with van der Waals surface area (Å²) in [5.41, 5.74) is 5.04. The Morgan fingerprint density at radius 3 is 2.22 bits per heavy atom. The van der Waals surface area contributed by atoms with Crippen LogP contribution in [0.1, 0.15) is 5.56 Å². The van der Waals surface area contributed by atoms with Crippen LogP contribution in [0.3, 0.4) is 0 Å². The maximum absolute atomic E-state index is 3.66. The molecule has 0 atom stereocenters. The predicted molar refractivity (Wildman–Crippen MR) is 99.9 cm³/mol. The van der Waals surface area contributed by atoms with E-state index in [1.54, 1.807) is 0 Å². The molecule has 3 aromatic carbocycles. The van der Waals surface area contributed by atoms with Crippen molar-refractivity contribution in [3.05, 3.63) is 84.4 Å². The van der Waals surface area contributed by atoms with E-state index < -0.39 is 0 Å². The van der Waals surface area contributed by atoms with E-state index >= 15 is 0 Å². The summed E-state index contributed by atoms with van der Waals surface area (Å²) in [5.74, 6) is 0. The topological polar surface area (TPSA) is 15.8 Å².